The molecule has 0 aliphatic rings. The second-order valence-corrected chi connectivity index (χ2v) is 4.14. The van der Waals surface area contributed by atoms with Crippen LogP contribution in [0.3, 0.4) is 0 Å². The van der Waals surface area contributed by atoms with E-state index >= 15 is 0 Å². The van der Waals surface area contributed by atoms with Crippen molar-refractivity contribution in [3.63, 3.8) is 0 Å². The van der Waals surface area contributed by atoms with Gasteiger partial charge in [-0.25, -0.2) is 13.6 Å². The van der Waals surface area contributed by atoms with Gasteiger partial charge in [-0.1, -0.05) is 12.1 Å². The number of hydrogen-bond acceptors (Lipinski definition) is 2. The molecule has 0 spiro atoms. The lowest BCUT2D eigenvalue weighted by Gasteiger charge is -2.09. The van der Waals surface area contributed by atoms with E-state index in [9.17, 15) is 13.6 Å². The number of nitrogens with two attached hydrogens (primary N) is 1. The molecule has 20 heavy (non-hydrogen) atoms. The SMILES string of the molecule is NCc1cccc(NC(=O)Nc2cc(F)cc(F)c2)c1. The van der Waals surface area contributed by atoms with Gasteiger partial charge in [-0.3, -0.25) is 0 Å². The van der Waals surface area contributed by atoms with Gasteiger partial charge in [0.05, 0.1) is 0 Å². The zero-order chi connectivity index (χ0) is 14.5. The first kappa shape index (κ1) is 14.0. The maximum absolute atomic E-state index is 13.0. The normalized spacial score (nSPS) is 10.2. The summed E-state index contributed by atoms with van der Waals surface area (Å²) in [7, 11) is 0. The van der Waals surface area contributed by atoms with E-state index in [2.05, 4.69) is 10.6 Å². The van der Waals surface area contributed by atoms with Gasteiger partial charge in [0, 0.05) is 24.0 Å². The summed E-state index contributed by atoms with van der Waals surface area (Å²) in [5.74, 6) is -1.52. The van der Waals surface area contributed by atoms with Crippen molar-refractivity contribution < 1.29 is 13.6 Å². The smallest absolute Gasteiger partial charge is 0.323 e. The topological polar surface area (TPSA) is 67.1 Å². The van der Waals surface area contributed by atoms with Crippen molar-refractivity contribution in [1.29, 1.82) is 0 Å². The van der Waals surface area contributed by atoms with Crippen LogP contribution >= 0.6 is 0 Å². The van der Waals surface area contributed by atoms with E-state index in [1.165, 1.54) is 0 Å². The van der Waals surface area contributed by atoms with Crippen molar-refractivity contribution >= 4 is 17.4 Å². The first-order chi connectivity index (χ1) is 9.56. The highest BCUT2D eigenvalue weighted by atomic mass is 19.1. The molecule has 6 heteroatoms. The van der Waals surface area contributed by atoms with E-state index in [4.69, 9.17) is 5.73 Å². The third-order valence-corrected chi connectivity index (χ3v) is 2.54. The van der Waals surface area contributed by atoms with Gasteiger partial charge in [0.2, 0.25) is 0 Å². The average molecular weight is 277 g/mol. The summed E-state index contributed by atoms with van der Waals surface area (Å²) in [6.07, 6.45) is 0. The van der Waals surface area contributed by atoms with E-state index in [-0.39, 0.29) is 5.69 Å². The molecule has 2 aromatic rings. The Morgan fingerprint density at radius 1 is 1.00 bits per heavy atom. The molecule has 2 rings (SSSR count). The van der Waals surface area contributed by atoms with E-state index in [0.717, 1.165) is 23.8 Å². The number of carbonyl (C=O) groups is 1. The van der Waals surface area contributed by atoms with E-state index in [1.807, 2.05) is 6.07 Å². The summed E-state index contributed by atoms with van der Waals surface area (Å²) in [6, 6.07) is 9.16. The van der Waals surface area contributed by atoms with Crippen LogP contribution in [-0.2, 0) is 6.54 Å². The lowest BCUT2D eigenvalue weighted by Crippen LogP contribution is -2.19. The fraction of sp³-hybridized carbons (Fsp3) is 0.0714. The minimum absolute atomic E-state index is 0.0370. The van der Waals surface area contributed by atoms with Gasteiger partial charge in [0.15, 0.2) is 0 Å². The highest BCUT2D eigenvalue weighted by Crippen LogP contribution is 2.14. The van der Waals surface area contributed by atoms with Crippen LogP contribution in [0.2, 0.25) is 0 Å². The first-order valence-corrected chi connectivity index (χ1v) is 5.90. The zero-order valence-electron chi connectivity index (χ0n) is 10.5. The Labute approximate surface area is 114 Å². The molecule has 2 aromatic carbocycles. The molecule has 0 bridgehead atoms. The molecule has 0 radical (unpaired) electrons. The Hall–Kier alpha value is -2.47. The van der Waals surface area contributed by atoms with E-state index < -0.39 is 17.7 Å². The number of halogens is 2. The van der Waals surface area contributed by atoms with Gasteiger partial charge in [-0.2, -0.15) is 0 Å². The number of carbonyl (C=O) groups excluding carboxylic acids is 1. The van der Waals surface area contributed by atoms with Crippen LogP contribution in [0, 0.1) is 11.6 Å². The Bertz CT molecular complexity index is 611. The predicted molar refractivity (Wildman–Crippen MR) is 73.3 cm³/mol. The maximum atomic E-state index is 13.0. The standard InChI is InChI=1S/C14H13F2N3O/c15-10-5-11(16)7-13(6-10)19-14(20)18-12-3-1-2-9(4-12)8-17/h1-7H,8,17H2,(H2,18,19,20). The molecule has 0 aliphatic heterocycles. The largest absolute Gasteiger partial charge is 0.326 e. The monoisotopic (exact) mass is 277 g/mol. The van der Waals surface area contributed by atoms with Crippen molar-refractivity contribution in [2.24, 2.45) is 5.73 Å². The molecule has 4 nitrogen and oxygen atoms in total. The number of nitrogens with one attached hydrogen (secondary N) is 2. The number of urea groups is 1. The van der Waals surface area contributed by atoms with Gasteiger partial charge in [0.25, 0.3) is 0 Å². The molecule has 0 saturated heterocycles. The molecular weight excluding hydrogens is 264 g/mol. The second kappa shape index (κ2) is 6.12. The number of anilines is 2. The highest BCUT2D eigenvalue weighted by Gasteiger charge is 2.06. The summed E-state index contributed by atoms with van der Waals surface area (Å²) in [4.78, 5) is 11.7. The van der Waals surface area contributed by atoms with Crippen molar-refractivity contribution in [3.8, 4) is 0 Å². The van der Waals surface area contributed by atoms with Gasteiger partial charge >= 0.3 is 6.03 Å². The van der Waals surface area contributed by atoms with Crippen LogP contribution in [0.1, 0.15) is 5.56 Å². The molecule has 0 heterocycles. The zero-order valence-corrected chi connectivity index (χ0v) is 10.5. The molecule has 104 valence electrons. The molecule has 4 N–H and O–H groups in total. The summed E-state index contributed by atoms with van der Waals surface area (Å²) < 4.78 is 26.0. The summed E-state index contributed by atoms with van der Waals surface area (Å²) in [5, 5.41) is 4.90. The minimum atomic E-state index is -0.759. The number of rotatable bonds is 3. The van der Waals surface area contributed by atoms with Gasteiger partial charge in [-0.15, -0.1) is 0 Å². The lowest BCUT2D eigenvalue weighted by atomic mass is 10.2. The van der Waals surface area contributed by atoms with Crippen molar-refractivity contribution in [1.82, 2.24) is 0 Å². The van der Waals surface area contributed by atoms with Crippen LogP contribution in [0.15, 0.2) is 42.5 Å². The third-order valence-electron chi connectivity index (χ3n) is 2.54. The number of amides is 2. The second-order valence-electron chi connectivity index (χ2n) is 4.14. The minimum Gasteiger partial charge on any atom is -0.326 e. The average Bonchev–Trinajstić information content (AvgIpc) is 2.37. The van der Waals surface area contributed by atoms with Crippen LogP contribution < -0.4 is 16.4 Å². The molecular formula is C14H13F2N3O. The Kier molecular flexibility index (Phi) is 4.27. The summed E-state index contributed by atoms with van der Waals surface area (Å²) in [5.41, 5.74) is 6.94. The number of hydrogen-bond donors (Lipinski definition) is 3. The van der Waals surface area contributed by atoms with Crippen LogP contribution in [-0.4, -0.2) is 6.03 Å². The maximum Gasteiger partial charge on any atom is 0.323 e. The van der Waals surface area contributed by atoms with Crippen LogP contribution in [0.25, 0.3) is 0 Å². The van der Waals surface area contributed by atoms with E-state index in [0.29, 0.717) is 12.2 Å². The molecule has 0 unspecified atom stereocenters. The number of benzene rings is 2. The molecule has 2 amide bonds. The summed E-state index contributed by atoms with van der Waals surface area (Å²) >= 11 is 0. The quantitative estimate of drug-likeness (QED) is 0.807. The molecule has 0 atom stereocenters. The Balaban J connectivity index is 2.04. The lowest BCUT2D eigenvalue weighted by molar-refractivity contribution is 0.262. The Morgan fingerprint density at radius 3 is 2.30 bits per heavy atom. The van der Waals surface area contributed by atoms with Crippen molar-refractivity contribution in [3.05, 3.63) is 59.7 Å². The van der Waals surface area contributed by atoms with Crippen LogP contribution in [0.4, 0.5) is 25.0 Å². The van der Waals surface area contributed by atoms with Crippen molar-refractivity contribution in [2.45, 2.75) is 6.54 Å². The first-order valence-electron chi connectivity index (χ1n) is 5.90. The van der Waals surface area contributed by atoms with Gasteiger partial charge < -0.3 is 16.4 Å². The van der Waals surface area contributed by atoms with Crippen molar-refractivity contribution in [2.75, 3.05) is 10.6 Å². The third kappa shape index (κ3) is 3.76. The van der Waals surface area contributed by atoms with Gasteiger partial charge in [0.1, 0.15) is 11.6 Å². The fourth-order valence-electron chi connectivity index (χ4n) is 1.70. The molecule has 0 fully saturated rings. The van der Waals surface area contributed by atoms with Gasteiger partial charge in [-0.05, 0) is 29.8 Å². The molecule has 0 aliphatic carbocycles. The van der Waals surface area contributed by atoms with E-state index in [1.54, 1.807) is 18.2 Å². The molecule has 0 saturated carbocycles. The molecule has 0 aromatic heterocycles. The highest BCUT2D eigenvalue weighted by molar-refractivity contribution is 5.99. The van der Waals surface area contributed by atoms with Crippen LogP contribution in [0.5, 0.6) is 0 Å². The predicted octanol–water partition coefficient (Wildman–Crippen LogP) is 3.07. The summed E-state index contributed by atoms with van der Waals surface area (Å²) in [6.45, 7) is 0.353. The fourth-order valence-corrected chi connectivity index (χ4v) is 1.70. The Morgan fingerprint density at radius 2 is 1.65 bits per heavy atom.